The SMILES string of the molecule is C=C/C(C#N)=C/c1c(-c2ccc(C)cc2)c2cncnc2n1CCC.CCNC. The van der Waals surface area contributed by atoms with E-state index in [1.54, 1.807) is 12.4 Å². The van der Waals surface area contributed by atoms with Crippen molar-refractivity contribution in [2.75, 3.05) is 13.6 Å². The van der Waals surface area contributed by atoms with Crippen molar-refractivity contribution in [3.63, 3.8) is 0 Å². The van der Waals surface area contributed by atoms with Crippen LogP contribution in [0.2, 0.25) is 0 Å². The minimum Gasteiger partial charge on any atom is -0.325 e. The number of allylic oxidation sites excluding steroid dienone is 2. The van der Waals surface area contributed by atoms with Crippen LogP contribution in [-0.2, 0) is 6.54 Å². The predicted molar refractivity (Wildman–Crippen MR) is 121 cm³/mol. The Morgan fingerprint density at radius 3 is 2.52 bits per heavy atom. The lowest BCUT2D eigenvalue weighted by Gasteiger charge is -2.08. The zero-order valence-electron chi connectivity index (χ0n) is 17.7. The minimum absolute atomic E-state index is 0.529. The van der Waals surface area contributed by atoms with E-state index >= 15 is 0 Å². The fourth-order valence-corrected chi connectivity index (χ4v) is 3.01. The van der Waals surface area contributed by atoms with Crippen LogP contribution in [0.4, 0.5) is 0 Å². The van der Waals surface area contributed by atoms with E-state index in [1.807, 2.05) is 19.3 Å². The highest BCUT2D eigenvalue weighted by atomic mass is 15.1. The molecule has 0 saturated carbocycles. The van der Waals surface area contributed by atoms with Gasteiger partial charge in [-0.15, -0.1) is 0 Å². The first-order chi connectivity index (χ1) is 14.1. The normalized spacial score (nSPS) is 10.9. The molecule has 0 saturated heterocycles. The highest BCUT2D eigenvalue weighted by molar-refractivity contribution is 5.99. The Morgan fingerprint density at radius 2 is 1.97 bits per heavy atom. The van der Waals surface area contributed by atoms with Gasteiger partial charge < -0.3 is 9.88 Å². The summed E-state index contributed by atoms with van der Waals surface area (Å²) < 4.78 is 2.16. The molecule has 5 nitrogen and oxygen atoms in total. The molecule has 0 unspecified atom stereocenters. The third-order valence-corrected chi connectivity index (χ3v) is 4.55. The first kappa shape index (κ1) is 22.1. The molecule has 29 heavy (non-hydrogen) atoms. The molecule has 0 atom stereocenters. The molecule has 0 aliphatic carbocycles. The van der Waals surface area contributed by atoms with Gasteiger partial charge in [0.25, 0.3) is 0 Å². The maximum Gasteiger partial charge on any atom is 0.144 e. The number of fused-ring (bicyclic) bond motifs is 1. The average molecular weight is 388 g/mol. The summed E-state index contributed by atoms with van der Waals surface area (Å²) in [6.45, 7) is 11.9. The highest BCUT2D eigenvalue weighted by Crippen LogP contribution is 2.35. The van der Waals surface area contributed by atoms with Crippen LogP contribution >= 0.6 is 0 Å². The zero-order valence-corrected chi connectivity index (χ0v) is 17.7. The third-order valence-electron chi connectivity index (χ3n) is 4.55. The van der Waals surface area contributed by atoms with Crippen LogP contribution in [0.5, 0.6) is 0 Å². The molecule has 1 aromatic carbocycles. The van der Waals surface area contributed by atoms with Gasteiger partial charge in [0.05, 0.1) is 17.3 Å². The lowest BCUT2D eigenvalue weighted by molar-refractivity contribution is 0.692. The summed E-state index contributed by atoms with van der Waals surface area (Å²) in [5.74, 6) is 0. The fraction of sp³-hybridized carbons (Fsp3) is 0.292. The Labute approximate surface area is 173 Å². The van der Waals surface area contributed by atoms with E-state index in [0.29, 0.717) is 5.57 Å². The molecule has 0 spiro atoms. The van der Waals surface area contributed by atoms with Crippen molar-refractivity contribution in [3.8, 4) is 17.2 Å². The Morgan fingerprint density at radius 1 is 1.28 bits per heavy atom. The van der Waals surface area contributed by atoms with Crippen molar-refractivity contribution in [1.29, 1.82) is 5.26 Å². The van der Waals surface area contributed by atoms with E-state index in [1.165, 1.54) is 5.56 Å². The summed E-state index contributed by atoms with van der Waals surface area (Å²) in [4.78, 5) is 8.72. The number of rotatable bonds is 6. The van der Waals surface area contributed by atoms with Crippen LogP contribution in [0.15, 0.2) is 55.0 Å². The third kappa shape index (κ3) is 5.18. The quantitative estimate of drug-likeness (QED) is 0.470. The van der Waals surface area contributed by atoms with Gasteiger partial charge in [0, 0.05) is 23.7 Å². The second-order valence-electron chi connectivity index (χ2n) is 6.66. The number of nitriles is 1. The number of aromatic nitrogens is 3. The molecule has 0 radical (unpaired) electrons. The molecule has 3 rings (SSSR count). The minimum atomic E-state index is 0.529. The maximum absolute atomic E-state index is 9.35. The summed E-state index contributed by atoms with van der Waals surface area (Å²) in [6.07, 6.45) is 7.86. The van der Waals surface area contributed by atoms with Gasteiger partial charge in [-0.25, -0.2) is 9.97 Å². The summed E-state index contributed by atoms with van der Waals surface area (Å²) in [5, 5.41) is 13.3. The van der Waals surface area contributed by atoms with Crippen LogP contribution in [0.3, 0.4) is 0 Å². The first-order valence-corrected chi connectivity index (χ1v) is 9.89. The van der Waals surface area contributed by atoms with Crippen molar-refractivity contribution >= 4 is 17.1 Å². The zero-order chi connectivity index (χ0) is 21.2. The van der Waals surface area contributed by atoms with Gasteiger partial charge in [0.15, 0.2) is 0 Å². The molecule has 2 aromatic heterocycles. The van der Waals surface area contributed by atoms with E-state index in [0.717, 1.165) is 47.4 Å². The molecular weight excluding hydrogens is 358 g/mol. The number of nitrogens with zero attached hydrogens (tertiary/aromatic N) is 4. The lowest BCUT2D eigenvalue weighted by atomic mass is 10.0. The van der Waals surface area contributed by atoms with Gasteiger partial charge in [-0.1, -0.05) is 56.3 Å². The Kier molecular flexibility index (Phi) is 8.32. The van der Waals surface area contributed by atoms with Gasteiger partial charge in [-0.3, -0.25) is 0 Å². The topological polar surface area (TPSA) is 66.5 Å². The van der Waals surface area contributed by atoms with E-state index < -0.39 is 0 Å². The largest absolute Gasteiger partial charge is 0.325 e. The van der Waals surface area contributed by atoms with E-state index in [9.17, 15) is 5.26 Å². The number of nitrogens with one attached hydrogen (secondary N) is 1. The monoisotopic (exact) mass is 387 g/mol. The predicted octanol–water partition coefficient (Wildman–Crippen LogP) is 5.14. The lowest BCUT2D eigenvalue weighted by Crippen LogP contribution is -2.01. The Balaban J connectivity index is 0.000000687. The van der Waals surface area contributed by atoms with Crippen molar-refractivity contribution in [2.24, 2.45) is 0 Å². The fourth-order valence-electron chi connectivity index (χ4n) is 3.01. The van der Waals surface area contributed by atoms with Crippen LogP contribution in [0.25, 0.3) is 28.2 Å². The molecule has 150 valence electrons. The van der Waals surface area contributed by atoms with Crippen LogP contribution in [0, 0.1) is 18.3 Å². The standard InChI is InChI=1S/C21H20N4.C3H9N/c1-4-10-25-19(11-16(5-2)12-22)20(17-8-6-15(3)7-9-17)18-13-23-14-24-21(18)25;1-3-4-2/h5-9,11,13-14H,2,4,10H2,1,3H3;4H,3H2,1-2H3/b16-11-;. The summed E-state index contributed by atoms with van der Waals surface area (Å²) in [5.41, 5.74) is 5.74. The average Bonchev–Trinajstić information content (AvgIpc) is 3.06. The molecule has 0 bridgehead atoms. The molecule has 0 amide bonds. The van der Waals surface area contributed by atoms with Crippen molar-refractivity contribution in [3.05, 3.63) is 66.3 Å². The smallest absolute Gasteiger partial charge is 0.144 e. The molecule has 0 aliphatic rings. The van der Waals surface area contributed by atoms with Crippen molar-refractivity contribution in [2.45, 2.75) is 33.7 Å². The molecule has 3 aromatic rings. The maximum atomic E-state index is 9.35. The highest BCUT2D eigenvalue weighted by Gasteiger charge is 2.18. The van der Waals surface area contributed by atoms with E-state index in [2.05, 4.69) is 77.5 Å². The Hall–Kier alpha value is -3.23. The van der Waals surface area contributed by atoms with Crippen LogP contribution in [0.1, 0.15) is 31.5 Å². The molecule has 2 heterocycles. The summed E-state index contributed by atoms with van der Waals surface area (Å²) in [7, 11) is 1.93. The number of hydrogen-bond donors (Lipinski definition) is 1. The number of aryl methyl sites for hydroxylation is 2. The van der Waals surface area contributed by atoms with Gasteiger partial charge in [-0.05, 0) is 38.6 Å². The Bertz CT molecular complexity index is 1020. The summed E-state index contributed by atoms with van der Waals surface area (Å²) >= 11 is 0. The van der Waals surface area contributed by atoms with Crippen molar-refractivity contribution in [1.82, 2.24) is 19.9 Å². The second-order valence-corrected chi connectivity index (χ2v) is 6.66. The molecule has 5 heteroatoms. The van der Waals surface area contributed by atoms with Gasteiger partial charge in [-0.2, -0.15) is 5.26 Å². The van der Waals surface area contributed by atoms with Crippen molar-refractivity contribution < 1.29 is 0 Å². The van der Waals surface area contributed by atoms with Gasteiger partial charge >= 0.3 is 0 Å². The second kappa shape index (κ2) is 10.9. The summed E-state index contributed by atoms with van der Waals surface area (Å²) in [6, 6.07) is 10.6. The molecule has 1 N–H and O–H groups in total. The van der Waals surface area contributed by atoms with Crippen LogP contribution < -0.4 is 5.32 Å². The van der Waals surface area contributed by atoms with Gasteiger partial charge in [0.1, 0.15) is 12.0 Å². The number of hydrogen-bond acceptors (Lipinski definition) is 4. The molecule has 0 fully saturated rings. The molecule has 0 aliphatic heterocycles. The first-order valence-electron chi connectivity index (χ1n) is 9.89. The van der Waals surface area contributed by atoms with Crippen LogP contribution in [-0.4, -0.2) is 28.1 Å². The van der Waals surface area contributed by atoms with E-state index in [-0.39, 0.29) is 0 Å². The number of benzene rings is 1. The van der Waals surface area contributed by atoms with Gasteiger partial charge in [0.2, 0.25) is 0 Å². The van der Waals surface area contributed by atoms with E-state index in [4.69, 9.17) is 0 Å². The molecular formula is C24H29N5.